The lowest BCUT2D eigenvalue weighted by Crippen LogP contribution is -2.29. The third-order valence-electron chi connectivity index (χ3n) is 2.11. The van der Waals surface area contributed by atoms with Crippen molar-refractivity contribution < 1.29 is 18.0 Å². The molecule has 1 amide bonds. The molecule has 1 aromatic carbocycles. The number of benzene rings is 1. The molecule has 0 fully saturated rings. The molecule has 104 valence electrons. The molecule has 0 spiro atoms. The molecule has 19 heavy (non-hydrogen) atoms. The van der Waals surface area contributed by atoms with Crippen molar-refractivity contribution in [1.29, 1.82) is 0 Å². The van der Waals surface area contributed by atoms with E-state index in [2.05, 4.69) is 15.0 Å². The van der Waals surface area contributed by atoms with E-state index in [0.29, 0.717) is 0 Å². The number of sulfonamides is 1. The summed E-state index contributed by atoms with van der Waals surface area (Å²) in [6, 6.07) is 9.05. The Bertz CT molecular complexity index is 526. The second-order valence-corrected chi connectivity index (χ2v) is 5.28. The minimum Gasteiger partial charge on any atom is -0.277 e. The molecule has 0 atom stereocenters. The van der Waals surface area contributed by atoms with Crippen LogP contribution in [0.15, 0.2) is 35.7 Å². The summed E-state index contributed by atoms with van der Waals surface area (Å²) < 4.78 is 25.5. The second kappa shape index (κ2) is 7.67. The predicted molar refractivity (Wildman–Crippen MR) is 72.2 cm³/mol. The summed E-state index contributed by atoms with van der Waals surface area (Å²) in [5.74, 6) is -0.391. The molecule has 1 aromatic rings. The zero-order chi connectivity index (χ0) is 14.1. The van der Waals surface area contributed by atoms with Crippen molar-refractivity contribution in [2.45, 2.75) is 6.42 Å². The highest BCUT2D eigenvalue weighted by Gasteiger charge is 2.06. The summed E-state index contributed by atoms with van der Waals surface area (Å²) in [6.45, 7) is 0.0106. The SMILES string of the molecule is CONC(=O)CCNS(=O)(=O)/C=C/c1ccccc1. The van der Waals surface area contributed by atoms with E-state index >= 15 is 0 Å². The monoisotopic (exact) mass is 284 g/mol. The minimum atomic E-state index is -3.54. The van der Waals surface area contributed by atoms with Gasteiger partial charge >= 0.3 is 0 Å². The van der Waals surface area contributed by atoms with E-state index in [-0.39, 0.29) is 13.0 Å². The highest BCUT2D eigenvalue weighted by atomic mass is 32.2. The fraction of sp³-hybridized carbons (Fsp3) is 0.250. The predicted octanol–water partition coefficient (Wildman–Crippen LogP) is 0.644. The summed E-state index contributed by atoms with van der Waals surface area (Å²) in [5, 5.41) is 1.07. The Morgan fingerprint density at radius 3 is 2.63 bits per heavy atom. The lowest BCUT2D eigenvalue weighted by atomic mass is 10.2. The van der Waals surface area contributed by atoms with Gasteiger partial charge in [-0.25, -0.2) is 18.6 Å². The van der Waals surface area contributed by atoms with Crippen molar-refractivity contribution in [2.24, 2.45) is 0 Å². The van der Waals surface area contributed by atoms with Crippen LogP contribution in [0.4, 0.5) is 0 Å². The largest absolute Gasteiger partial charge is 0.277 e. The zero-order valence-electron chi connectivity index (χ0n) is 10.5. The fourth-order valence-electron chi connectivity index (χ4n) is 1.25. The van der Waals surface area contributed by atoms with E-state index in [1.54, 1.807) is 12.1 Å². The topological polar surface area (TPSA) is 84.5 Å². The van der Waals surface area contributed by atoms with Gasteiger partial charge in [0, 0.05) is 18.4 Å². The molecule has 0 aliphatic rings. The molecule has 0 aliphatic carbocycles. The molecule has 0 saturated heterocycles. The number of hydroxylamine groups is 1. The van der Waals surface area contributed by atoms with Crippen LogP contribution in [0.5, 0.6) is 0 Å². The Kier molecular flexibility index (Phi) is 6.20. The van der Waals surface area contributed by atoms with E-state index in [9.17, 15) is 13.2 Å². The molecule has 2 N–H and O–H groups in total. The van der Waals surface area contributed by atoms with Gasteiger partial charge in [-0.05, 0) is 11.6 Å². The number of carbonyl (C=O) groups is 1. The average molecular weight is 284 g/mol. The Morgan fingerprint density at radius 2 is 2.00 bits per heavy atom. The van der Waals surface area contributed by atoms with Crippen LogP contribution in [0.3, 0.4) is 0 Å². The molecule has 0 radical (unpaired) electrons. The summed E-state index contributed by atoms with van der Waals surface area (Å²) in [4.78, 5) is 15.4. The molecule has 0 unspecified atom stereocenters. The molecule has 6 nitrogen and oxygen atoms in total. The highest BCUT2D eigenvalue weighted by molar-refractivity contribution is 7.92. The molecule has 0 aromatic heterocycles. The first-order valence-corrected chi connectivity index (χ1v) is 7.13. The van der Waals surface area contributed by atoms with Crippen molar-refractivity contribution in [3.05, 3.63) is 41.3 Å². The number of nitrogens with one attached hydrogen (secondary N) is 2. The van der Waals surface area contributed by atoms with Gasteiger partial charge in [0.1, 0.15) is 0 Å². The first kappa shape index (κ1) is 15.4. The molecule has 0 heterocycles. The summed E-state index contributed by atoms with van der Waals surface area (Å²) in [7, 11) is -2.23. The minimum absolute atomic E-state index is 0.00620. The number of hydrogen-bond acceptors (Lipinski definition) is 4. The Morgan fingerprint density at radius 1 is 1.32 bits per heavy atom. The van der Waals surface area contributed by atoms with E-state index in [1.165, 1.54) is 13.2 Å². The third-order valence-corrected chi connectivity index (χ3v) is 3.21. The van der Waals surface area contributed by atoms with Crippen molar-refractivity contribution in [2.75, 3.05) is 13.7 Å². The molecule has 0 bridgehead atoms. The maximum absolute atomic E-state index is 11.6. The lowest BCUT2D eigenvalue weighted by Gasteiger charge is -2.03. The zero-order valence-corrected chi connectivity index (χ0v) is 11.3. The number of carbonyl (C=O) groups excluding carboxylic acids is 1. The number of amides is 1. The normalized spacial score (nSPS) is 11.6. The van der Waals surface area contributed by atoms with Crippen molar-refractivity contribution in [1.82, 2.24) is 10.2 Å². The standard InChI is InChI=1S/C12H16N2O4S/c1-18-14-12(15)7-9-13-19(16,17)10-8-11-5-3-2-4-6-11/h2-6,8,10,13H,7,9H2,1H3,(H,14,15)/b10-8+. The van der Waals surface area contributed by atoms with Crippen LogP contribution in [0.25, 0.3) is 6.08 Å². The van der Waals surface area contributed by atoms with E-state index < -0.39 is 15.9 Å². The van der Waals surface area contributed by atoms with Crippen LogP contribution in [0, 0.1) is 0 Å². The van der Waals surface area contributed by atoms with Gasteiger partial charge in [-0.2, -0.15) is 0 Å². The summed E-state index contributed by atoms with van der Waals surface area (Å²) in [5.41, 5.74) is 2.88. The maximum atomic E-state index is 11.6. The highest BCUT2D eigenvalue weighted by Crippen LogP contribution is 2.02. The van der Waals surface area contributed by atoms with E-state index in [0.717, 1.165) is 11.0 Å². The maximum Gasteiger partial charge on any atom is 0.244 e. The number of hydrogen-bond donors (Lipinski definition) is 2. The summed E-state index contributed by atoms with van der Waals surface area (Å²) in [6.07, 6.45) is 1.49. The van der Waals surface area contributed by atoms with Crippen LogP contribution in [-0.4, -0.2) is 28.0 Å². The van der Waals surface area contributed by atoms with Gasteiger partial charge in [-0.1, -0.05) is 30.3 Å². The van der Waals surface area contributed by atoms with Crippen molar-refractivity contribution in [3.8, 4) is 0 Å². The first-order valence-electron chi connectivity index (χ1n) is 5.58. The van der Waals surface area contributed by atoms with Crippen molar-refractivity contribution in [3.63, 3.8) is 0 Å². The lowest BCUT2D eigenvalue weighted by molar-refractivity contribution is -0.131. The molecular formula is C12H16N2O4S. The average Bonchev–Trinajstić information content (AvgIpc) is 2.38. The molecule has 0 aliphatic heterocycles. The van der Waals surface area contributed by atoms with Crippen LogP contribution in [0.2, 0.25) is 0 Å². The van der Waals surface area contributed by atoms with Crippen LogP contribution < -0.4 is 10.2 Å². The molecule has 1 rings (SSSR count). The van der Waals surface area contributed by atoms with Gasteiger partial charge in [-0.15, -0.1) is 0 Å². The van der Waals surface area contributed by atoms with Crippen LogP contribution in [-0.2, 0) is 19.7 Å². The molecule has 0 saturated carbocycles. The summed E-state index contributed by atoms with van der Waals surface area (Å²) >= 11 is 0. The third kappa shape index (κ3) is 6.70. The Hall–Kier alpha value is -1.70. The van der Waals surface area contributed by atoms with Gasteiger partial charge in [0.25, 0.3) is 0 Å². The van der Waals surface area contributed by atoms with Crippen molar-refractivity contribution >= 4 is 22.0 Å². The molecular weight excluding hydrogens is 268 g/mol. The van der Waals surface area contributed by atoms with Gasteiger partial charge in [0.15, 0.2) is 0 Å². The molecule has 7 heteroatoms. The van der Waals surface area contributed by atoms with E-state index in [1.807, 2.05) is 18.2 Å². The van der Waals surface area contributed by atoms with Gasteiger partial charge in [0.2, 0.25) is 15.9 Å². The second-order valence-electron chi connectivity index (χ2n) is 3.63. The van der Waals surface area contributed by atoms with Gasteiger partial charge in [-0.3, -0.25) is 9.63 Å². The Balaban J connectivity index is 2.44. The Labute approximate surface area is 112 Å². The van der Waals surface area contributed by atoms with Crippen LogP contribution >= 0.6 is 0 Å². The van der Waals surface area contributed by atoms with Crippen LogP contribution in [0.1, 0.15) is 12.0 Å². The fourth-order valence-corrected chi connectivity index (χ4v) is 2.07. The number of rotatable bonds is 7. The van der Waals surface area contributed by atoms with E-state index in [4.69, 9.17) is 0 Å². The van der Waals surface area contributed by atoms with Gasteiger partial charge < -0.3 is 0 Å². The smallest absolute Gasteiger partial charge is 0.244 e. The van der Waals surface area contributed by atoms with Gasteiger partial charge in [0.05, 0.1) is 7.11 Å². The quantitative estimate of drug-likeness (QED) is 0.720. The first-order chi connectivity index (χ1) is 9.03.